The monoisotopic (exact) mass is 385 g/mol. The van der Waals surface area contributed by atoms with Crippen LogP contribution in [-0.4, -0.2) is 11.3 Å². The zero-order valence-corrected chi connectivity index (χ0v) is 16.0. The Morgan fingerprint density at radius 3 is 2.31 bits per heavy atom. The summed E-state index contributed by atoms with van der Waals surface area (Å²) in [6, 6.07) is 25.7. The molecule has 1 aromatic heterocycles. The highest BCUT2D eigenvalue weighted by molar-refractivity contribution is 5.95. The largest absolute Gasteiger partial charge is 0.465 e. The summed E-state index contributed by atoms with van der Waals surface area (Å²) >= 11 is 0. The van der Waals surface area contributed by atoms with Gasteiger partial charge in [-0.1, -0.05) is 60.7 Å². The van der Waals surface area contributed by atoms with Gasteiger partial charge >= 0.3 is 0 Å². The van der Waals surface area contributed by atoms with Gasteiger partial charge in [-0.05, 0) is 29.3 Å². The molecule has 0 amide bonds. The van der Waals surface area contributed by atoms with Crippen LogP contribution in [0.3, 0.4) is 0 Å². The van der Waals surface area contributed by atoms with E-state index in [9.17, 15) is 0 Å². The number of aromatic nitrogens is 1. The minimum atomic E-state index is -0.443. The van der Waals surface area contributed by atoms with Gasteiger partial charge in [-0.3, -0.25) is 4.98 Å². The predicted molar refractivity (Wildman–Crippen MR) is 116 cm³/mol. The molecule has 4 N–H and O–H groups in total. The number of nitrogens with two attached hydrogens (primary N) is 2. The molecule has 0 radical (unpaired) electrons. The fourth-order valence-corrected chi connectivity index (χ4v) is 3.14. The number of benzene rings is 3. The Kier molecular flexibility index (Phi) is 5.59. The molecule has 5 heteroatoms. The molecule has 0 fully saturated rings. The van der Waals surface area contributed by atoms with E-state index in [4.69, 9.17) is 20.9 Å². The van der Waals surface area contributed by atoms with E-state index in [1.165, 1.54) is 0 Å². The maximum atomic E-state index is 6.11. The van der Waals surface area contributed by atoms with Gasteiger partial charge in [-0.2, -0.15) is 0 Å². The summed E-state index contributed by atoms with van der Waals surface area (Å²) in [5.74, 6) is 0.765. The molecule has 5 nitrogen and oxygen atoms in total. The van der Waals surface area contributed by atoms with Crippen molar-refractivity contribution in [3.8, 4) is 5.75 Å². The minimum Gasteiger partial charge on any atom is -0.465 e. The summed E-state index contributed by atoms with van der Waals surface area (Å²) in [6.07, 6.45) is 1.72. The fraction of sp³-hybridized carbons (Fsp3) is 0.125. The Morgan fingerprint density at radius 2 is 1.55 bits per heavy atom. The number of ether oxygens (including phenoxy) is 2. The molecule has 0 spiro atoms. The normalized spacial score (nSPS) is 12.0. The van der Waals surface area contributed by atoms with E-state index >= 15 is 0 Å². The summed E-state index contributed by atoms with van der Waals surface area (Å²) in [7, 11) is 0. The van der Waals surface area contributed by atoms with Crippen LogP contribution in [0.15, 0.2) is 85.1 Å². The maximum Gasteiger partial charge on any atom is 0.204 e. The van der Waals surface area contributed by atoms with Crippen LogP contribution in [0.4, 0.5) is 11.4 Å². The maximum absolute atomic E-state index is 6.11. The number of nitrogen functional groups attached to an aromatic ring is 2. The highest BCUT2D eigenvalue weighted by Gasteiger charge is 2.14. The summed E-state index contributed by atoms with van der Waals surface area (Å²) < 4.78 is 12.2. The van der Waals surface area contributed by atoms with Crippen molar-refractivity contribution in [3.63, 3.8) is 0 Å². The third-order valence-corrected chi connectivity index (χ3v) is 4.70. The van der Waals surface area contributed by atoms with Gasteiger partial charge in [0.15, 0.2) is 0 Å². The van der Waals surface area contributed by atoms with Crippen LogP contribution in [0.2, 0.25) is 0 Å². The number of hydrogen-bond donors (Lipinski definition) is 2. The first-order valence-electron chi connectivity index (χ1n) is 9.49. The quantitative estimate of drug-likeness (QED) is 0.456. The molecule has 4 rings (SSSR count). The Morgan fingerprint density at radius 1 is 0.828 bits per heavy atom. The lowest BCUT2D eigenvalue weighted by molar-refractivity contribution is -0.0880. The van der Waals surface area contributed by atoms with Crippen molar-refractivity contribution in [2.24, 2.45) is 0 Å². The van der Waals surface area contributed by atoms with Crippen molar-refractivity contribution < 1.29 is 9.47 Å². The van der Waals surface area contributed by atoms with Gasteiger partial charge in [-0.25, -0.2) is 0 Å². The number of pyridine rings is 1. The molecule has 1 unspecified atom stereocenters. The number of rotatable bonds is 7. The Hall–Kier alpha value is -3.57. The van der Waals surface area contributed by atoms with Gasteiger partial charge in [0.1, 0.15) is 5.75 Å². The lowest BCUT2D eigenvalue weighted by Gasteiger charge is -2.20. The molecule has 146 valence electrons. The molecule has 4 aromatic rings. The van der Waals surface area contributed by atoms with Crippen molar-refractivity contribution in [2.75, 3.05) is 11.5 Å². The zero-order valence-electron chi connectivity index (χ0n) is 16.0. The highest BCUT2D eigenvalue weighted by Crippen LogP contribution is 2.26. The second kappa shape index (κ2) is 8.63. The summed E-state index contributed by atoms with van der Waals surface area (Å²) in [4.78, 5) is 4.40. The standard InChI is InChI=1S/C24H23N3O2/c25-21-15-27-22-13-18(11-12-20(22)24(21)26)14-23(29-19-9-5-2-6-10-19)28-16-17-7-3-1-4-8-17/h1-13,15,23H,14,16,25H2,(H2,26,27). The fourth-order valence-electron chi connectivity index (χ4n) is 3.14. The van der Waals surface area contributed by atoms with Crippen LogP contribution in [-0.2, 0) is 17.8 Å². The Bertz CT molecular complexity index is 1090. The number of para-hydroxylation sites is 1. The van der Waals surface area contributed by atoms with E-state index in [1.54, 1.807) is 6.20 Å². The summed E-state index contributed by atoms with van der Waals surface area (Å²) in [5, 5.41) is 0.847. The third-order valence-electron chi connectivity index (χ3n) is 4.70. The second-order valence-electron chi connectivity index (χ2n) is 6.84. The number of anilines is 2. The van der Waals surface area contributed by atoms with E-state index in [0.717, 1.165) is 27.8 Å². The number of hydrogen-bond acceptors (Lipinski definition) is 5. The van der Waals surface area contributed by atoms with Gasteiger partial charge in [-0.15, -0.1) is 0 Å². The lowest BCUT2D eigenvalue weighted by atomic mass is 10.1. The molecule has 3 aromatic carbocycles. The first kappa shape index (κ1) is 18.8. The summed E-state index contributed by atoms with van der Waals surface area (Å²) in [6.45, 7) is 0.466. The van der Waals surface area contributed by atoms with Crippen LogP contribution in [0.25, 0.3) is 10.9 Å². The molecule has 0 bridgehead atoms. The highest BCUT2D eigenvalue weighted by atomic mass is 16.7. The van der Waals surface area contributed by atoms with E-state index in [1.807, 2.05) is 78.9 Å². The first-order chi connectivity index (χ1) is 14.2. The van der Waals surface area contributed by atoms with Crippen molar-refractivity contribution in [2.45, 2.75) is 19.3 Å². The van der Waals surface area contributed by atoms with Crippen LogP contribution in [0.1, 0.15) is 11.1 Å². The van der Waals surface area contributed by atoms with Crippen LogP contribution >= 0.6 is 0 Å². The zero-order chi connectivity index (χ0) is 20.1. The molecule has 1 heterocycles. The van der Waals surface area contributed by atoms with Gasteiger partial charge in [0.2, 0.25) is 6.29 Å². The molecule has 1 atom stereocenters. The average molecular weight is 385 g/mol. The van der Waals surface area contributed by atoms with Crippen molar-refractivity contribution in [3.05, 3.63) is 96.2 Å². The van der Waals surface area contributed by atoms with E-state index in [2.05, 4.69) is 4.98 Å². The molecular formula is C24H23N3O2. The SMILES string of the molecule is Nc1cnc2cc(CC(OCc3ccccc3)Oc3ccccc3)ccc2c1N. The second-order valence-corrected chi connectivity index (χ2v) is 6.84. The molecule has 0 aliphatic rings. The molecule has 0 aliphatic heterocycles. The topological polar surface area (TPSA) is 83.4 Å². The third kappa shape index (κ3) is 4.65. The molecule has 0 aliphatic carbocycles. The van der Waals surface area contributed by atoms with E-state index in [-0.39, 0.29) is 0 Å². The van der Waals surface area contributed by atoms with Gasteiger partial charge in [0.05, 0.1) is 29.7 Å². The van der Waals surface area contributed by atoms with Crippen molar-refractivity contribution in [1.29, 1.82) is 0 Å². The number of fused-ring (bicyclic) bond motifs is 1. The summed E-state index contributed by atoms with van der Waals surface area (Å²) in [5.41, 5.74) is 15.9. The van der Waals surface area contributed by atoms with Gasteiger partial charge in [0, 0.05) is 11.8 Å². The predicted octanol–water partition coefficient (Wildman–Crippen LogP) is 4.56. The van der Waals surface area contributed by atoms with Crippen molar-refractivity contribution in [1.82, 2.24) is 4.98 Å². The van der Waals surface area contributed by atoms with Gasteiger partial charge in [0.25, 0.3) is 0 Å². The molecular weight excluding hydrogens is 362 g/mol. The van der Waals surface area contributed by atoms with Crippen LogP contribution in [0, 0.1) is 0 Å². The van der Waals surface area contributed by atoms with E-state index in [0.29, 0.717) is 24.4 Å². The smallest absolute Gasteiger partial charge is 0.204 e. The molecule has 0 saturated heterocycles. The number of nitrogens with zero attached hydrogens (tertiary/aromatic N) is 1. The van der Waals surface area contributed by atoms with Crippen molar-refractivity contribution >= 4 is 22.3 Å². The van der Waals surface area contributed by atoms with E-state index < -0.39 is 6.29 Å². The first-order valence-corrected chi connectivity index (χ1v) is 9.49. The van der Waals surface area contributed by atoms with Crippen LogP contribution < -0.4 is 16.2 Å². The Balaban J connectivity index is 1.55. The lowest BCUT2D eigenvalue weighted by Crippen LogP contribution is -2.23. The Labute approximate surface area is 169 Å². The van der Waals surface area contributed by atoms with Gasteiger partial charge < -0.3 is 20.9 Å². The average Bonchev–Trinajstić information content (AvgIpc) is 2.76. The molecule has 29 heavy (non-hydrogen) atoms. The van der Waals surface area contributed by atoms with Crippen LogP contribution in [0.5, 0.6) is 5.75 Å². The minimum absolute atomic E-state index is 0.443. The molecule has 0 saturated carbocycles.